The molecule has 0 aliphatic rings. The zero-order valence-corrected chi connectivity index (χ0v) is 18.1. The number of halogens is 2. The maximum Gasteiger partial charge on any atom is 0.255 e. The number of nitrogens with zero attached hydrogens (tertiary/aromatic N) is 7. The molecule has 1 amide bonds. The van der Waals surface area contributed by atoms with Crippen molar-refractivity contribution in [3.63, 3.8) is 0 Å². The zero-order chi connectivity index (χ0) is 23.4. The highest BCUT2D eigenvalue weighted by molar-refractivity contribution is 6.00. The van der Waals surface area contributed by atoms with Gasteiger partial charge in [-0.3, -0.25) is 9.78 Å². The first kappa shape index (κ1) is 22.1. The number of aromatic nitrogens is 6. The minimum atomic E-state index is -0.519. The maximum absolute atomic E-state index is 14.1. The number of carbonyl (C=O) groups excluding carboxylic acids is 1. The summed E-state index contributed by atoms with van der Waals surface area (Å²) >= 11 is 0. The van der Waals surface area contributed by atoms with Crippen molar-refractivity contribution in [3.05, 3.63) is 78.4 Å². The van der Waals surface area contributed by atoms with Crippen LogP contribution in [0.15, 0.2) is 61.2 Å². The first-order valence-corrected chi connectivity index (χ1v) is 10.4. The summed E-state index contributed by atoms with van der Waals surface area (Å²) in [5.74, 6) is -0.950. The molecule has 3 aromatic heterocycles. The van der Waals surface area contributed by atoms with Crippen LogP contribution in [0.3, 0.4) is 0 Å². The number of hydrogen-bond donors (Lipinski definition) is 0. The van der Waals surface area contributed by atoms with Gasteiger partial charge in [0, 0.05) is 30.5 Å². The molecule has 168 valence electrons. The second-order valence-corrected chi connectivity index (χ2v) is 7.39. The second-order valence-electron chi connectivity index (χ2n) is 7.39. The van der Waals surface area contributed by atoms with Gasteiger partial charge in [0.1, 0.15) is 17.3 Å². The Bertz CT molecular complexity index is 1250. The van der Waals surface area contributed by atoms with E-state index in [2.05, 4.69) is 25.3 Å². The summed E-state index contributed by atoms with van der Waals surface area (Å²) in [6.45, 7) is 4.46. The summed E-state index contributed by atoms with van der Waals surface area (Å²) < 4.78 is 28.8. The number of pyridine rings is 1. The van der Waals surface area contributed by atoms with Gasteiger partial charge >= 0.3 is 0 Å². The van der Waals surface area contributed by atoms with E-state index in [1.807, 2.05) is 13.8 Å². The van der Waals surface area contributed by atoms with Crippen LogP contribution in [-0.2, 0) is 6.54 Å². The molecule has 1 atom stereocenters. The number of rotatable bonds is 7. The van der Waals surface area contributed by atoms with Crippen molar-refractivity contribution in [2.24, 2.45) is 0 Å². The third-order valence-electron chi connectivity index (χ3n) is 5.13. The van der Waals surface area contributed by atoms with Crippen molar-refractivity contribution in [3.8, 4) is 22.8 Å². The van der Waals surface area contributed by atoms with Crippen molar-refractivity contribution >= 4 is 5.91 Å². The average molecular weight is 449 g/mol. The Morgan fingerprint density at radius 3 is 2.52 bits per heavy atom. The first-order chi connectivity index (χ1) is 16.0. The van der Waals surface area contributed by atoms with Gasteiger partial charge in [0.05, 0.1) is 30.2 Å². The predicted octanol–water partition coefficient (Wildman–Crippen LogP) is 3.63. The van der Waals surface area contributed by atoms with Crippen molar-refractivity contribution < 1.29 is 13.6 Å². The molecule has 0 spiro atoms. The smallest absolute Gasteiger partial charge is 0.255 e. The average Bonchev–Trinajstić information content (AvgIpc) is 3.28. The van der Waals surface area contributed by atoms with Crippen LogP contribution in [0.5, 0.6) is 0 Å². The van der Waals surface area contributed by atoms with Crippen LogP contribution in [0.4, 0.5) is 8.78 Å². The standard InChI is InChI=1S/C23H21F2N7O/c1-3-32(15(2)13-31-14-21(29-30-31)20-8-6-17(25)12-28-20)23(33)19-11-16(24)5-7-18(19)22-26-9-4-10-27-22/h4-12,14-15H,3,13H2,1-2H3/t15-/m0/s1. The molecular formula is C23H21F2N7O. The third-order valence-corrected chi connectivity index (χ3v) is 5.13. The molecule has 8 nitrogen and oxygen atoms in total. The Kier molecular flexibility index (Phi) is 6.43. The predicted molar refractivity (Wildman–Crippen MR) is 117 cm³/mol. The summed E-state index contributed by atoms with van der Waals surface area (Å²) in [4.78, 5) is 27.5. The fraction of sp³-hybridized carbons (Fsp3) is 0.217. The molecule has 4 aromatic rings. The van der Waals surface area contributed by atoms with Gasteiger partial charge < -0.3 is 4.90 Å². The minimum absolute atomic E-state index is 0.185. The molecule has 0 aliphatic heterocycles. The van der Waals surface area contributed by atoms with Crippen LogP contribution in [0.25, 0.3) is 22.8 Å². The maximum atomic E-state index is 14.1. The van der Waals surface area contributed by atoms with Gasteiger partial charge in [0.15, 0.2) is 5.82 Å². The Hall–Kier alpha value is -4.08. The highest BCUT2D eigenvalue weighted by Crippen LogP contribution is 2.24. The normalized spacial score (nSPS) is 11.9. The SMILES string of the molecule is CCN(C(=O)c1cc(F)ccc1-c1ncccn1)[C@@H](C)Cn1cc(-c2ccc(F)cn2)nn1. The molecule has 0 N–H and O–H groups in total. The van der Waals surface area contributed by atoms with Crippen LogP contribution in [0.2, 0.25) is 0 Å². The van der Waals surface area contributed by atoms with E-state index >= 15 is 0 Å². The van der Waals surface area contributed by atoms with E-state index in [9.17, 15) is 13.6 Å². The van der Waals surface area contributed by atoms with Crippen molar-refractivity contribution in [1.29, 1.82) is 0 Å². The summed E-state index contributed by atoms with van der Waals surface area (Å²) in [5.41, 5.74) is 1.62. The topological polar surface area (TPSA) is 89.7 Å². The third kappa shape index (κ3) is 4.89. The Morgan fingerprint density at radius 1 is 1.06 bits per heavy atom. The highest BCUT2D eigenvalue weighted by Gasteiger charge is 2.25. The van der Waals surface area contributed by atoms with Gasteiger partial charge in [-0.2, -0.15) is 0 Å². The van der Waals surface area contributed by atoms with Crippen molar-refractivity contribution in [1.82, 2.24) is 34.8 Å². The van der Waals surface area contributed by atoms with Gasteiger partial charge in [0.25, 0.3) is 5.91 Å². The van der Waals surface area contributed by atoms with Crippen LogP contribution < -0.4 is 0 Å². The van der Waals surface area contributed by atoms with E-state index in [0.717, 1.165) is 6.20 Å². The second kappa shape index (κ2) is 9.60. The summed E-state index contributed by atoms with van der Waals surface area (Å²) in [6.07, 6.45) is 5.93. The van der Waals surface area contributed by atoms with Gasteiger partial charge in [-0.25, -0.2) is 23.4 Å². The molecule has 3 heterocycles. The monoisotopic (exact) mass is 449 g/mol. The fourth-order valence-electron chi connectivity index (χ4n) is 3.54. The van der Waals surface area contributed by atoms with E-state index in [1.54, 1.807) is 34.2 Å². The molecular weight excluding hydrogens is 428 g/mol. The van der Waals surface area contributed by atoms with Crippen molar-refractivity contribution in [2.45, 2.75) is 26.4 Å². The Labute approximate surface area is 188 Å². The molecule has 1 aromatic carbocycles. The largest absolute Gasteiger partial charge is 0.334 e. The summed E-state index contributed by atoms with van der Waals surface area (Å²) in [5, 5.41) is 8.18. The lowest BCUT2D eigenvalue weighted by atomic mass is 10.0. The van der Waals surface area contributed by atoms with Crippen molar-refractivity contribution in [2.75, 3.05) is 6.54 Å². The Morgan fingerprint density at radius 2 is 1.82 bits per heavy atom. The number of hydrogen-bond acceptors (Lipinski definition) is 6. The van der Waals surface area contributed by atoms with Crippen LogP contribution >= 0.6 is 0 Å². The lowest BCUT2D eigenvalue weighted by Gasteiger charge is -2.28. The van der Waals surface area contributed by atoms with E-state index in [0.29, 0.717) is 35.9 Å². The number of amides is 1. The van der Waals surface area contributed by atoms with E-state index in [4.69, 9.17) is 0 Å². The lowest BCUT2D eigenvalue weighted by molar-refractivity contribution is 0.0685. The molecule has 0 bridgehead atoms. The van der Waals surface area contributed by atoms with Crippen LogP contribution in [-0.4, -0.2) is 53.3 Å². The molecule has 4 rings (SSSR count). The van der Waals surface area contributed by atoms with Gasteiger partial charge in [-0.1, -0.05) is 5.21 Å². The van der Waals surface area contributed by atoms with E-state index in [-0.39, 0.29) is 17.5 Å². The number of likely N-dealkylation sites (N-methyl/N-ethyl adjacent to an activating group) is 1. The fourth-order valence-corrected chi connectivity index (χ4v) is 3.54. The van der Waals surface area contributed by atoms with E-state index in [1.165, 1.54) is 30.3 Å². The summed E-state index contributed by atoms with van der Waals surface area (Å²) in [7, 11) is 0. The molecule has 0 saturated heterocycles. The molecule has 0 fully saturated rings. The van der Waals surface area contributed by atoms with Gasteiger partial charge in [-0.15, -0.1) is 5.10 Å². The molecule has 0 aliphatic carbocycles. The molecule has 0 radical (unpaired) electrons. The minimum Gasteiger partial charge on any atom is -0.334 e. The Balaban J connectivity index is 1.56. The molecule has 0 unspecified atom stereocenters. The quantitative estimate of drug-likeness (QED) is 0.428. The molecule has 10 heteroatoms. The summed E-state index contributed by atoms with van der Waals surface area (Å²) in [6, 6.07) is 8.20. The molecule has 0 saturated carbocycles. The lowest BCUT2D eigenvalue weighted by Crippen LogP contribution is -2.41. The van der Waals surface area contributed by atoms with Gasteiger partial charge in [-0.05, 0) is 50.2 Å². The van der Waals surface area contributed by atoms with Crippen LogP contribution in [0.1, 0.15) is 24.2 Å². The zero-order valence-electron chi connectivity index (χ0n) is 18.1. The first-order valence-electron chi connectivity index (χ1n) is 10.4. The number of carbonyl (C=O) groups is 1. The number of benzene rings is 1. The van der Waals surface area contributed by atoms with E-state index < -0.39 is 11.6 Å². The van der Waals surface area contributed by atoms with Crippen LogP contribution in [0, 0.1) is 11.6 Å². The molecule has 33 heavy (non-hydrogen) atoms. The van der Waals surface area contributed by atoms with Gasteiger partial charge in [0.2, 0.25) is 0 Å². The highest BCUT2D eigenvalue weighted by atomic mass is 19.1.